The number of benzene rings is 2. The molecule has 0 bridgehead atoms. The van der Waals surface area contributed by atoms with Crippen LogP contribution in [0.2, 0.25) is 0 Å². The van der Waals surface area contributed by atoms with Crippen molar-refractivity contribution < 1.29 is 13.2 Å². The minimum Gasteiger partial charge on any atom is -0.487 e. The molecule has 1 saturated carbocycles. The first-order valence-electron chi connectivity index (χ1n) is 12.5. The molecule has 0 radical (unpaired) electrons. The summed E-state index contributed by atoms with van der Waals surface area (Å²) < 4.78 is 31.3. The van der Waals surface area contributed by atoms with E-state index in [1.165, 1.54) is 11.1 Å². The summed E-state index contributed by atoms with van der Waals surface area (Å²) in [4.78, 5) is 2.57. The molecule has 0 aromatic heterocycles. The third kappa shape index (κ3) is 5.30. The van der Waals surface area contributed by atoms with Gasteiger partial charge in [-0.25, -0.2) is 8.42 Å². The Morgan fingerprint density at radius 1 is 0.970 bits per heavy atom. The van der Waals surface area contributed by atoms with E-state index in [1.807, 2.05) is 12.1 Å². The van der Waals surface area contributed by atoms with E-state index in [9.17, 15) is 8.42 Å². The predicted octanol–water partition coefficient (Wildman–Crippen LogP) is 5.64. The first kappa shape index (κ1) is 22.9. The Morgan fingerprint density at radius 3 is 2.27 bits per heavy atom. The topological polar surface area (TPSA) is 46.6 Å². The zero-order valence-electron chi connectivity index (χ0n) is 20.3. The minimum atomic E-state index is -3.01. The Bertz CT molecular complexity index is 1100. The number of rotatable bonds is 5. The molecule has 0 atom stereocenters. The fourth-order valence-electron chi connectivity index (χ4n) is 5.39. The SMILES string of the molecule is CC(C)(C)N1CCC2(CCc3cc(-c4ccc(CS(=O)(=O)CC5CC5)cc4)ccc3O2)CC1. The number of hydrogen-bond acceptors (Lipinski definition) is 4. The van der Waals surface area contributed by atoms with E-state index >= 15 is 0 Å². The molecule has 2 fully saturated rings. The van der Waals surface area contributed by atoms with Crippen molar-refractivity contribution in [3.8, 4) is 16.9 Å². The summed E-state index contributed by atoms with van der Waals surface area (Å²) >= 11 is 0. The van der Waals surface area contributed by atoms with Gasteiger partial charge in [-0.1, -0.05) is 30.3 Å². The zero-order chi connectivity index (χ0) is 23.3. The van der Waals surface area contributed by atoms with Gasteiger partial charge < -0.3 is 4.74 Å². The van der Waals surface area contributed by atoms with Crippen molar-refractivity contribution in [3.63, 3.8) is 0 Å². The van der Waals surface area contributed by atoms with Crippen molar-refractivity contribution in [2.24, 2.45) is 5.92 Å². The molecule has 1 saturated heterocycles. The molecular formula is C28H37NO3S. The fourth-order valence-corrected chi connectivity index (χ4v) is 7.26. The molecule has 0 N–H and O–H groups in total. The normalized spacial score (nSPS) is 20.9. The average Bonchev–Trinajstić information content (AvgIpc) is 3.56. The van der Waals surface area contributed by atoms with Crippen LogP contribution in [0.3, 0.4) is 0 Å². The van der Waals surface area contributed by atoms with Crippen LogP contribution in [0.5, 0.6) is 5.75 Å². The first-order chi connectivity index (χ1) is 15.6. The van der Waals surface area contributed by atoms with E-state index in [4.69, 9.17) is 4.74 Å². The summed E-state index contributed by atoms with van der Waals surface area (Å²) in [7, 11) is -3.01. The van der Waals surface area contributed by atoms with Gasteiger partial charge >= 0.3 is 0 Å². The Balaban J connectivity index is 1.25. The van der Waals surface area contributed by atoms with E-state index < -0.39 is 9.84 Å². The molecule has 1 spiro atoms. The Labute approximate surface area is 199 Å². The number of hydrogen-bond donors (Lipinski definition) is 0. The maximum Gasteiger partial charge on any atom is 0.154 e. The number of nitrogens with zero attached hydrogens (tertiary/aromatic N) is 1. The lowest BCUT2D eigenvalue weighted by Gasteiger charge is -2.48. The molecule has 3 aliphatic rings. The zero-order valence-corrected chi connectivity index (χ0v) is 21.1. The second-order valence-electron chi connectivity index (χ2n) is 11.5. The van der Waals surface area contributed by atoms with Gasteiger partial charge in [0.15, 0.2) is 9.84 Å². The Morgan fingerprint density at radius 2 is 1.64 bits per heavy atom. The molecule has 1 aliphatic carbocycles. The van der Waals surface area contributed by atoms with Gasteiger partial charge in [0.05, 0.1) is 11.5 Å². The van der Waals surface area contributed by atoms with Crippen molar-refractivity contribution in [2.75, 3.05) is 18.8 Å². The molecule has 0 unspecified atom stereocenters. The maximum absolute atomic E-state index is 12.3. The number of fused-ring (bicyclic) bond motifs is 1. The molecule has 178 valence electrons. The number of sulfone groups is 1. The van der Waals surface area contributed by atoms with Crippen molar-refractivity contribution >= 4 is 9.84 Å². The van der Waals surface area contributed by atoms with Crippen LogP contribution in [-0.4, -0.2) is 43.3 Å². The van der Waals surface area contributed by atoms with Gasteiger partial charge in [-0.2, -0.15) is 0 Å². The summed E-state index contributed by atoms with van der Waals surface area (Å²) in [5, 5.41) is 0. The lowest BCUT2D eigenvalue weighted by molar-refractivity contribution is -0.0355. The first-order valence-corrected chi connectivity index (χ1v) is 14.3. The highest BCUT2D eigenvalue weighted by Gasteiger charge is 2.41. The van der Waals surface area contributed by atoms with E-state index in [-0.39, 0.29) is 16.9 Å². The molecule has 2 aromatic carbocycles. The van der Waals surface area contributed by atoms with Crippen LogP contribution in [0.15, 0.2) is 42.5 Å². The van der Waals surface area contributed by atoms with Crippen molar-refractivity contribution in [3.05, 3.63) is 53.6 Å². The summed E-state index contributed by atoms with van der Waals surface area (Å²) in [6.45, 7) is 9.08. The number of likely N-dealkylation sites (tertiary alicyclic amines) is 1. The van der Waals surface area contributed by atoms with E-state index in [1.54, 1.807) is 0 Å². The quantitative estimate of drug-likeness (QED) is 0.571. The summed E-state index contributed by atoms with van der Waals surface area (Å²) in [5.41, 5.74) is 4.67. The highest BCUT2D eigenvalue weighted by Crippen LogP contribution is 2.41. The standard InChI is InChI=1S/C28H37NO3S/c1-27(2,3)29-16-14-28(15-17-29)13-12-25-18-24(10-11-26(25)32-28)23-8-6-22(7-9-23)20-33(30,31)19-21-4-5-21/h6-11,18,21H,4-5,12-17,19-20H2,1-3H3. The van der Waals surface area contributed by atoms with Gasteiger partial charge in [-0.3, -0.25) is 4.90 Å². The molecule has 2 aromatic rings. The van der Waals surface area contributed by atoms with Crippen LogP contribution >= 0.6 is 0 Å². The van der Waals surface area contributed by atoms with Gasteiger partial charge in [0.1, 0.15) is 11.4 Å². The van der Waals surface area contributed by atoms with Gasteiger partial charge in [0.25, 0.3) is 0 Å². The van der Waals surface area contributed by atoms with Gasteiger partial charge in [0, 0.05) is 18.6 Å². The van der Waals surface area contributed by atoms with Crippen LogP contribution < -0.4 is 4.74 Å². The van der Waals surface area contributed by atoms with Gasteiger partial charge in [-0.05, 0) is 99.6 Å². The highest BCUT2D eigenvalue weighted by molar-refractivity contribution is 7.90. The third-order valence-corrected chi connectivity index (χ3v) is 9.47. The summed E-state index contributed by atoms with van der Waals surface area (Å²) in [6.07, 6.45) is 6.45. The van der Waals surface area contributed by atoms with E-state index in [0.29, 0.717) is 11.7 Å². The largest absolute Gasteiger partial charge is 0.487 e. The molecule has 33 heavy (non-hydrogen) atoms. The lowest BCUT2D eigenvalue weighted by Crippen LogP contribution is -2.54. The number of piperidine rings is 1. The average molecular weight is 468 g/mol. The highest BCUT2D eigenvalue weighted by atomic mass is 32.2. The number of aryl methyl sites for hydroxylation is 1. The fraction of sp³-hybridized carbons (Fsp3) is 0.571. The Kier molecular flexibility index (Phi) is 5.85. The Hall–Kier alpha value is -1.85. The van der Waals surface area contributed by atoms with E-state index in [2.05, 4.69) is 56.0 Å². The minimum absolute atomic E-state index is 0.0100. The second kappa shape index (κ2) is 8.42. The smallest absolute Gasteiger partial charge is 0.154 e. The molecule has 0 amide bonds. The number of ether oxygens (including phenoxy) is 1. The van der Waals surface area contributed by atoms with Crippen LogP contribution in [-0.2, 0) is 22.0 Å². The predicted molar refractivity (Wildman–Crippen MR) is 134 cm³/mol. The van der Waals surface area contributed by atoms with Crippen molar-refractivity contribution in [1.82, 2.24) is 4.90 Å². The van der Waals surface area contributed by atoms with Crippen molar-refractivity contribution in [2.45, 2.75) is 76.2 Å². The lowest BCUT2D eigenvalue weighted by atomic mass is 9.81. The van der Waals surface area contributed by atoms with Gasteiger partial charge in [-0.15, -0.1) is 0 Å². The van der Waals surface area contributed by atoms with E-state index in [0.717, 1.165) is 68.5 Å². The summed E-state index contributed by atoms with van der Waals surface area (Å²) in [5.74, 6) is 1.93. The van der Waals surface area contributed by atoms with Crippen LogP contribution in [0.4, 0.5) is 0 Å². The maximum atomic E-state index is 12.3. The molecule has 2 heterocycles. The van der Waals surface area contributed by atoms with Crippen molar-refractivity contribution in [1.29, 1.82) is 0 Å². The third-order valence-electron chi connectivity index (χ3n) is 7.72. The molecular weight excluding hydrogens is 430 g/mol. The monoisotopic (exact) mass is 467 g/mol. The van der Waals surface area contributed by atoms with Crippen LogP contribution in [0, 0.1) is 5.92 Å². The molecule has 4 nitrogen and oxygen atoms in total. The van der Waals surface area contributed by atoms with Crippen LogP contribution in [0.25, 0.3) is 11.1 Å². The van der Waals surface area contributed by atoms with Gasteiger partial charge in [0.2, 0.25) is 0 Å². The molecule has 5 rings (SSSR count). The second-order valence-corrected chi connectivity index (χ2v) is 13.6. The summed E-state index contributed by atoms with van der Waals surface area (Å²) in [6, 6.07) is 14.6. The molecule has 2 aliphatic heterocycles. The van der Waals surface area contributed by atoms with Crippen LogP contribution in [0.1, 0.15) is 64.0 Å². The molecule has 5 heteroatoms.